The summed E-state index contributed by atoms with van der Waals surface area (Å²) in [5.74, 6) is 1.53. The van der Waals surface area contributed by atoms with Crippen LogP contribution in [-0.2, 0) is 12.8 Å². The molecule has 0 spiro atoms. The van der Waals surface area contributed by atoms with Crippen molar-refractivity contribution in [3.05, 3.63) is 77.4 Å². The molecule has 168 valence electrons. The Morgan fingerprint density at radius 1 is 0.875 bits per heavy atom. The second kappa shape index (κ2) is 10.9. The first-order chi connectivity index (χ1) is 15.5. The van der Waals surface area contributed by atoms with Crippen molar-refractivity contribution in [2.45, 2.75) is 53.1 Å². The first-order valence-electron chi connectivity index (χ1n) is 11.6. The van der Waals surface area contributed by atoms with Crippen molar-refractivity contribution in [2.24, 2.45) is 0 Å². The highest BCUT2D eigenvalue weighted by Crippen LogP contribution is 2.22. The molecular formula is C28H35N3O. The van der Waals surface area contributed by atoms with Gasteiger partial charge in [-0.25, -0.2) is 0 Å². The molecule has 32 heavy (non-hydrogen) atoms. The quantitative estimate of drug-likeness (QED) is 0.347. The van der Waals surface area contributed by atoms with Crippen LogP contribution in [0, 0.1) is 10.8 Å². The van der Waals surface area contributed by atoms with Crippen LogP contribution in [0.15, 0.2) is 60.7 Å². The lowest BCUT2D eigenvalue weighted by Gasteiger charge is -2.17. The van der Waals surface area contributed by atoms with Gasteiger partial charge in [-0.2, -0.15) is 0 Å². The summed E-state index contributed by atoms with van der Waals surface area (Å²) in [6.07, 6.45) is 3.11. The molecule has 3 aromatic carbocycles. The fraction of sp³-hybridized carbons (Fsp3) is 0.357. The number of amidine groups is 1. The molecule has 1 atom stereocenters. The minimum Gasteiger partial charge on any atom is -0.489 e. The van der Waals surface area contributed by atoms with Gasteiger partial charge < -0.3 is 15.0 Å². The standard InChI is InChI=1S/C26H29N3O.C2H6/c1-18(27)23-10-9-22-8-5-21(15-24(22)16-23)4-3-20-6-11-25(12-7-20)30-26-13-14-29(17-26)19(2)28;1-2/h5-12,15-16,26-28H,3-4,13-14,17H2,1-2H3;1-2H3. The summed E-state index contributed by atoms with van der Waals surface area (Å²) in [6, 6.07) is 21.3. The molecule has 0 radical (unpaired) electrons. The van der Waals surface area contributed by atoms with E-state index in [9.17, 15) is 0 Å². The van der Waals surface area contributed by atoms with Crippen molar-refractivity contribution < 1.29 is 4.74 Å². The highest BCUT2D eigenvalue weighted by atomic mass is 16.5. The molecule has 1 heterocycles. The zero-order valence-corrected chi connectivity index (χ0v) is 19.7. The Hall–Kier alpha value is -3.14. The predicted octanol–water partition coefficient (Wildman–Crippen LogP) is 6.49. The van der Waals surface area contributed by atoms with Gasteiger partial charge in [0.25, 0.3) is 0 Å². The minimum atomic E-state index is 0.170. The van der Waals surface area contributed by atoms with Crippen LogP contribution in [0.1, 0.15) is 50.8 Å². The average molecular weight is 430 g/mol. The van der Waals surface area contributed by atoms with E-state index in [4.69, 9.17) is 15.6 Å². The Balaban J connectivity index is 0.00000141. The maximum Gasteiger partial charge on any atom is 0.119 e. The predicted molar refractivity (Wildman–Crippen MR) is 136 cm³/mol. The summed E-state index contributed by atoms with van der Waals surface area (Å²) < 4.78 is 6.10. The Kier molecular flexibility index (Phi) is 8.04. The average Bonchev–Trinajstić information content (AvgIpc) is 3.28. The fourth-order valence-electron chi connectivity index (χ4n) is 4.03. The van der Waals surface area contributed by atoms with Crippen molar-refractivity contribution in [3.63, 3.8) is 0 Å². The Bertz CT molecular complexity index is 1070. The van der Waals surface area contributed by atoms with Gasteiger partial charge in [0.2, 0.25) is 0 Å². The largest absolute Gasteiger partial charge is 0.489 e. The second-order valence-corrected chi connectivity index (χ2v) is 8.23. The molecule has 1 fully saturated rings. The first-order valence-corrected chi connectivity index (χ1v) is 11.6. The van der Waals surface area contributed by atoms with Crippen LogP contribution in [0.2, 0.25) is 0 Å². The third kappa shape index (κ3) is 5.97. The number of nitrogens with zero attached hydrogens (tertiary/aromatic N) is 1. The van der Waals surface area contributed by atoms with Gasteiger partial charge in [0.1, 0.15) is 11.9 Å². The van der Waals surface area contributed by atoms with Gasteiger partial charge in [-0.3, -0.25) is 5.41 Å². The normalized spacial score (nSPS) is 15.2. The van der Waals surface area contributed by atoms with Gasteiger partial charge >= 0.3 is 0 Å². The van der Waals surface area contributed by atoms with Crippen LogP contribution in [-0.4, -0.2) is 35.6 Å². The summed E-state index contributed by atoms with van der Waals surface area (Å²) in [6.45, 7) is 9.37. The van der Waals surface area contributed by atoms with Crippen molar-refractivity contribution in [3.8, 4) is 5.75 Å². The molecule has 1 aliphatic rings. The number of nitrogens with one attached hydrogen (secondary N) is 2. The van der Waals surface area contributed by atoms with Crippen LogP contribution in [0.25, 0.3) is 10.8 Å². The van der Waals surface area contributed by atoms with Crippen LogP contribution < -0.4 is 4.74 Å². The molecule has 1 unspecified atom stereocenters. The first kappa shape index (κ1) is 23.5. The SMILES string of the molecule is CC.CC(=N)c1ccc2ccc(CCc3ccc(OC4CCN(C(C)=N)C4)cc3)cc2c1. The monoisotopic (exact) mass is 429 g/mol. The van der Waals surface area contributed by atoms with Crippen LogP contribution in [0.5, 0.6) is 5.75 Å². The summed E-state index contributed by atoms with van der Waals surface area (Å²) in [4.78, 5) is 2.06. The van der Waals surface area contributed by atoms with Crippen molar-refractivity contribution in [1.82, 2.24) is 4.90 Å². The highest BCUT2D eigenvalue weighted by molar-refractivity contribution is 6.00. The number of fused-ring (bicyclic) bond motifs is 1. The molecule has 0 amide bonds. The molecule has 0 aromatic heterocycles. The van der Waals surface area contributed by atoms with E-state index in [-0.39, 0.29) is 6.10 Å². The number of hydrogen-bond acceptors (Lipinski definition) is 3. The van der Waals surface area contributed by atoms with E-state index in [2.05, 4.69) is 59.5 Å². The summed E-state index contributed by atoms with van der Waals surface area (Å²) in [5.41, 5.74) is 4.20. The Morgan fingerprint density at radius 3 is 2.19 bits per heavy atom. The molecular weight excluding hydrogens is 394 g/mol. The van der Waals surface area contributed by atoms with Crippen molar-refractivity contribution in [2.75, 3.05) is 13.1 Å². The Labute approximate surface area is 192 Å². The van der Waals surface area contributed by atoms with E-state index in [0.717, 1.165) is 43.7 Å². The third-order valence-electron chi connectivity index (χ3n) is 5.89. The summed E-state index contributed by atoms with van der Waals surface area (Å²) >= 11 is 0. The minimum absolute atomic E-state index is 0.170. The molecule has 1 aliphatic heterocycles. The maximum absolute atomic E-state index is 7.85. The lowest BCUT2D eigenvalue weighted by Crippen LogP contribution is -2.28. The topological polar surface area (TPSA) is 60.2 Å². The van der Waals surface area contributed by atoms with E-state index in [1.807, 2.05) is 33.8 Å². The number of likely N-dealkylation sites (tertiary alicyclic amines) is 1. The molecule has 2 N–H and O–H groups in total. The summed E-state index contributed by atoms with van der Waals surface area (Å²) in [7, 11) is 0. The van der Waals surface area contributed by atoms with Gasteiger partial charge in [-0.15, -0.1) is 0 Å². The van der Waals surface area contributed by atoms with E-state index < -0.39 is 0 Å². The van der Waals surface area contributed by atoms with Gasteiger partial charge in [0, 0.05) is 18.7 Å². The van der Waals surface area contributed by atoms with E-state index in [0.29, 0.717) is 11.5 Å². The van der Waals surface area contributed by atoms with Crippen LogP contribution in [0.3, 0.4) is 0 Å². The summed E-state index contributed by atoms with van der Waals surface area (Å²) in [5, 5.41) is 18.0. The second-order valence-electron chi connectivity index (χ2n) is 8.23. The van der Waals surface area contributed by atoms with Crippen molar-refractivity contribution in [1.29, 1.82) is 10.8 Å². The Morgan fingerprint density at radius 2 is 1.53 bits per heavy atom. The molecule has 4 heteroatoms. The lowest BCUT2D eigenvalue weighted by molar-refractivity contribution is 0.214. The van der Waals surface area contributed by atoms with E-state index in [1.54, 1.807) is 0 Å². The zero-order chi connectivity index (χ0) is 23.1. The number of benzene rings is 3. The maximum atomic E-state index is 7.85. The zero-order valence-electron chi connectivity index (χ0n) is 19.7. The smallest absolute Gasteiger partial charge is 0.119 e. The third-order valence-corrected chi connectivity index (χ3v) is 5.89. The number of hydrogen-bond donors (Lipinski definition) is 2. The fourth-order valence-corrected chi connectivity index (χ4v) is 4.03. The molecule has 4 nitrogen and oxygen atoms in total. The number of ether oxygens (including phenoxy) is 1. The van der Waals surface area contributed by atoms with Crippen molar-refractivity contribution >= 4 is 22.3 Å². The van der Waals surface area contributed by atoms with Gasteiger partial charge in [-0.1, -0.05) is 56.3 Å². The lowest BCUT2D eigenvalue weighted by atomic mass is 9.99. The van der Waals surface area contributed by atoms with Crippen LogP contribution in [0.4, 0.5) is 0 Å². The van der Waals surface area contributed by atoms with Gasteiger partial charge in [0.15, 0.2) is 0 Å². The molecule has 0 saturated carbocycles. The van der Waals surface area contributed by atoms with Gasteiger partial charge in [0.05, 0.1) is 12.4 Å². The van der Waals surface area contributed by atoms with Gasteiger partial charge in [-0.05, 0) is 72.4 Å². The van der Waals surface area contributed by atoms with E-state index >= 15 is 0 Å². The molecule has 4 rings (SSSR count). The molecule has 1 saturated heterocycles. The molecule has 3 aromatic rings. The number of aryl methyl sites for hydroxylation is 2. The van der Waals surface area contributed by atoms with E-state index in [1.165, 1.54) is 21.9 Å². The van der Waals surface area contributed by atoms with Crippen LogP contribution >= 0.6 is 0 Å². The highest BCUT2D eigenvalue weighted by Gasteiger charge is 2.24. The number of rotatable bonds is 6. The molecule has 0 bridgehead atoms. The molecule has 0 aliphatic carbocycles.